The summed E-state index contributed by atoms with van der Waals surface area (Å²) in [7, 11) is 1.66. The zero-order chi connectivity index (χ0) is 15.6. The summed E-state index contributed by atoms with van der Waals surface area (Å²) in [5.41, 5.74) is 0. The quantitative estimate of drug-likeness (QED) is 0.272. The van der Waals surface area contributed by atoms with E-state index in [0.717, 1.165) is 49.4 Å². The first kappa shape index (κ1) is 19.9. The van der Waals surface area contributed by atoms with Crippen LogP contribution in [-0.2, 0) is 0 Å². The summed E-state index contributed by atoms with van der Waals surface area (Å²) < 4.78 is 10.9. The molecule has 0 saturated heterocycles. The minimum atomic E-state index is 0. The molecule has 0 radical (unpaired) electrons. The van der Waals surface area contributed by atoms with Crippen molar-refractivity contribution in [2.24, 2.45) is 10.9 Å². The minimum Gasteiger partial charge on any atom is -0.497 e. The highest BCUT2D eigenvalue weighted by atomic mass is 127. The third kappa shape index (κ3) is 8.29. The van der Waals surface area contributed by atoms with Crippen LogP contribution in [0.1, 0.15) is 26.2 Å². The molecule has 23 heavy (non-hydrogen) atoms. The maximum absolute atomic E-state index is 5.72. The van der Waals surface area contributed by atoms with E-state index in [1.54, 1.807) is 7.11 Å². The molecule has 1 fully saturated rings. The van der Waals surface area contributed by atoms with E-state index in [0.29, 0.717) is 6.61 Å². The van der Waals surface area contributed by atoms with E-state index in [-0.39, 0.29) is 24.0 Å². The second-order valence-corrected chi connectivity index (χ2v) is 5.47. The number of ether oxygens (including phenoxy) is 2. The Labute approximate surface area is 156 Å². The number of methoxy groups -OCH3 is 1. The van der Waals surface area contributed by atoms with Crippen LogP contribution in [0.5, 0.6) is 11.5 Å². The molecule has 1 aromatic rings. The summed E-state index contributed by atoms with van der Waals surface area (Å²) in [6.45, 7) is 5.43. The van der Waals surface area contributed by atoms with Crippen LogP contribution < -0.4 is 20.1 Å². The Morgan fingerprint density at radius 1 is 1.26 bits per heavy atom. The summed E-state index contributed by atoms with van der Waals surface area (Å²) in [4.78, 5) is 4.59. The standard InChI is InChI=1S/C17H27N3O2.HI/c1-3-18-17(20-13-14-8-9-14)19-10-5-11-22-16-7-4-6-15(12-16)21-2;/h4,6-7,12,14H,3,5,8-11,13H2,1-2H3,(H2,18,19,20);1H. The Bertz CT molecular complexity index is 479. The normalized spacial score (nSPS) is 13.9. The van der Waals surface area contributed by atoms with Gasteiger partial charge in [0.25, 0.3) is 0 Å². The lowest BCUT2D eigenvalue weighted by Gasteiger charge is -2.12. The third-order valence-corrected chi connectivity index (χ3v) is 3.47. The van der Waals surface area contributed by atoms with E-state index in [9.17, 15) is 0 Å². The average molecular weight is 433 g/mol. The van der Waals surface area contributed by atoms with Crippen LogP contribution in [0.15, 0.2) is 29.3 Å². The number of benzene rings is 1. The van der Waals surface area contributed by atoms with Crippen molar-refractivity contribution in [1.82, 2.24) is 10.6 Å². The fourth-order valence-corrected chi connectivity index (χ4v) is 2.02. The van der Waals surface area contributed by atoms with Crippen molar-refractivity contribution < 1.29 is 9.47 Å². The molecule has 0 aromatic heterocycles. The van der Waals surface area contributed by atoms with Gasteiger partial charge in [-0.05, 0) is 44.2 Å². The molecule has 130 valence electrons. The Hall–Kier alpha value is -1.18. The molecule has 0 amide bonds. The van der Waals surface area contributed by atoms with Crippen molar-refractivity contribution in [3.63, 3.8) is 0 Å². The molecule has 0 heterocycles. The number of guanidine groups is 1. The van der Waals surface area contributed by atoms with Gasteiger partial charge in [-0.1, -0.05) is 6.07 Å². The molecule has 2 rings (SSSR count). The number of nitrogens with one attached hydrogen (secondary N) is 2. The van der Waals surface area contributed by atoms with E-state index in [1.165, 1.54) is 12.8 Å². The highest BCUT2D eigenvalue weighted by molar-refractivity contribution is 14.0. The summed E-state index contributed by atoms with van der Waals surface area (Å²) in [6.07, 6.45) is 3.58. The van der Waals surface area contributed by atoms with Gasteiger partial charge in [0.05, 0.1) is 13.7 Å². The molecule has 5 nitrogen and oxygen atoms in total. The van der Waals surface area contributed by atoms with Gasteiger partial charge in [0.15, 0.2) is 5.96 Å². The lowest BCUT2D eigenvalue weighted by atomic mass is 10.3. The van der Waals surface area contributed by atoms with E-state index in [4.69, 9.17) is 9.47 Å². The monoisotopic (exact) mass is 433 g/mol. The Kier molecular flexibility index (Phi) is 9.82. The highest BCUT2D eigenvalue weighted by Gasteiger charge is 2.20. The van der Waals surface area contributed by atoms with Gasteiger partial charge in [-0.2, -0.15) is 0 Å². The summed E-state index contributed by atoms with van der Waals surface area (Å²) >= 11 is 0. The highest BCUT2D eigenvalue weighted by Crippen LogP contribution is 2.28. The first-order valence-corrected chi connectivity index (χ1v) is 8.11. The van der Waals surface area contributed by atoms with Crippen molar-refractivity contribution in [3.05, 3.63) is 24.3 Å². The van der Waals surface area contributed by atoms with Crippen molar-refractivity contribution >= 4 is 29.9 Å². The van der Waals surface area contributed by atoms with Gasteiger partial charge in [-0.3, -0.25) is 4.99 Å². The molecule has 0 spiro atoms. The fourth-order valence-electron chi connectivity index (χ4n) is 2.02. The molecule has 1 aliphatic carbocycles. The fraction of sp³-hybridized carbons (Fsp3) is 0.588. The van der Waals surface area contributed by atoms with Gasteiger partial charge < -0.3 is 20.1 Å². The molecule has 0 bridgehead atoms. The molecular weight excluding hydrogens is 405 g/mol. The second kappa shape index (κ2) is 11.4. The van der Waals surface area contributed by atoms with E-state index >= 15 is 0 Å². The van der Waals surface area contributed by atoms with Crippen molar-refractivity contribution in [2.75, 3.05) is 33.4 Å². The van der Waals surface area contributed by atoms with Crippen LogP contribution in [0.25, 0.3) is 0 Å². The number of hydrogen-bond donors (Lipinski definition) is 2. The van der Waals surface area contributed by atoms with Crippen LogP contribution in [0, 0.1) is 5.92 Å². The van der Waals surface area contributed by atoms with Gasteiger partial charge in [0.2, 0.25) is 0 Å². The van der Waals surface area contributed by atoms with Gasteiger partial charge in [0, 0.05) is 25.7 Å². The Balaban J connectivity index is 0.00000264. The molecular formula is C17H28IN3O2. The topological polar surface area (TPSA) is 54.9 Å². The minimum absolute atomic E-state index is 0. The summed E-state index contributed by atoms with van der Waals surface area (Å²) in [5.74, 6) is 3.38. The zero-order valence-corrected chi connectivity index (χ0v) is 16.3. The Morgan fingerprint density at radius 2 is 2.04 bits per heavy atom. The van der Waals surface area contributed by atoms with Crippen molar-refractivity contribution in [3.8, 4) is 11.5 Å². The van der Waals surface area contributed by atoms with Gasteiger partial charge in [0.1, 0.15) is 11.5 Å². The largest absolute Gasteiger partial charge is 0.497 e. The van der Waals surface area contributed by atoms with Gasteiger partial charge in [-0.25, -0.2) is 0 Å². The van der Waals surface area contributed by atoms with Crippen LogP contribution in [0.2, 0.25) is 0 Å². The molecule has 1 aromatic carbocycles. The molecule has 1 aliphatic rings. The van der Waals surface area contributed by atoms with E-state index < -0.39 is 0 Å². The average Bonchev–Trinajstić information content (AvgIpc) is 3.36. The summed E-state index contributed by atoms with van der Waals surface area (Å²) in [6, 6.07) is 7.68. The first-order valence-electron chi connectivity index (χ1n) is 8.11. The molecule has 0 aliphatic heterocycles. The zero-order valence-electron chi connectivity index (χ0n) is 14.0. The van der Waals surface area contributed by atoms with E-state index in [1.807, 2.05) is 24.3 Å². The maximum atomic E-state index is 5.72. The molecule has 0 atom stereocenters. The first-order chi connectivity index (χ1) is 10.8. The third-order valence-electron chi connectivity index (χ3n) is 3.47. The SMILES string of the molecule is CCNC(=NCC1CC1)NCCCOc1cccc(OC)c1.I. The molecule has 6 heteroatoms. The molecule has 1 saturated carbocycles. The van der Waals surface area contributed by atoms with Crippen molar-refractivity contribution in [1.29, 1.82) is 0 Å². The van der Waals surface area contributed by atoms with Gasteiger partial charge in [-0.15, -0.1) is 24.0 Å². The second-order valence-electron chi connectivity index (χ2n) is 5.47. The van der Waals surface area contributed by atoms with Crippen LogP contribution >= 0.6 is 24.0 Å². The number of hydrogen-bond acceptors (Lipinski definition) is 3. The van der Waals surface area contributed by atoms with E-state index in [2.05, 4.69) is 22.5 Å². The number of aliphatic imine (C=N–C) groups is 1. The number of nitrogens with zero attached hydrogens (tertiary/aromatic N) is 1. The summed E-state index contributed by atoms with van der Waals surface area (Å²) in [5, 5.41) is 6.62. The predicted octanol–water partition coefficient (Wildman–Crippen LogP) is 3.05. The lowest BCUT2D eigenvalue weighted by Crippen LogP contribution is -2.38. The number of rotatable bonds is 9. The lowest BCUT2D eigenvalue weighted by molar-refractivity contribution is 0.308. The smallest absolute Gasteiger partial charge is 0.191 e. The van der Waals surface area contributed by atoms with Crippen LogP contribution in [-0.4, -0.2) is 39.3 Å². The van der Waals surface area contributed by atoms with Gasteiger partial charge >= 0.3 is 0 Å². The van der Waals surface area contributed by atoms with Crippen molar-refractivity contribution in [2.45, 2.75) is 26.2 Å². The Morgan fingerprint density at radius 3 is 2.74 bits per heavy atom. The maximum Gasteiger partial charge on any atom is 0.191 e. The number of halogens is 1. The molecule has 0 unspecified atom stereocenters. The van der Waals surface area contributed by atoms with Crippen LogP contribution in [0.3, 0.4) is 0 Å². The predicted molar refractivity (Wildman–Crippen MR) is 105 cm³/mol. The van der Waals surface area contributed by atoms with Crippen LogP contribution in [0.4, 0.5) is 0 Å². The molecule has 2 N–H and O–H groups in total.